The van der Waals surface area contributed by atoms with Crippen LogP contribution in [-0.4, -0.2) is 64.7 Å². The van der Waals surface area contributed by atoms with Gasteiger partial charge in [0, 0.05) is 19.5 Å². The van der Waals surface area contributed by atoms with Crippen molar-refractivity contribution in [3.63, 3.8) is 0 Å². The summed E-state index contributed by atoms with van der Waals surface area (Å²) in [7, 11) is 3.97. The van der Waals surface area contributed by atoms with Crippen LogP contribution in [0.25, 0.3) is 0 Å². The van der Waals surface area contributed by atoms with Crippen LogP contribution >= 0.6 is 0 Å². The van der Waals surface area contributed by atoms with Crippen LogP contribution in [0.15, 0.2) is 48.5 Å². The minimum Gasteiger partial charge on any atom is -0.491 e. The van der Waals surface area contributed by atoms with Crippen molar-refractivity contribution in [1.29, 1.82) is 0 Å². The van der Waals surface area contributed by atoms with Crippen LogP contribution in [-0.2, 0) is 6.42 Å². The van der Waals surface area contributed by atoms with Crippen molar-refractivity contribution < 1.29 is 13.9 Å². The lowest BCUT2D eigenvalue weighted by Gasteiger charge is -2.24. The number of H-pyrrole nitrogens is 1. The van der Waals surface area contributed by atoms with Crippen LogP contribution in [0.2, 0.25) is 0 Å². The maximum Gasteiger partial charge on any atom is 0.258 e. The Morgan fingerprint density at radius 1 is 1.22 bits per heavy atom. The predicted octanol–water partition coefficient (Wildman–Crippen LogP) is 3.45. The van der Waals surface area contributed by atoms with Gasteiger partial charge in [-0.15, -0.1) is 0 Å². The van der Waals surface area contributed by atoms with E-state index in [1.165, 1.54) is 12.1 Å². The zero-order valence-electron chi connectivity index (χ0n) is 18.4. The molecule has 1 N–H and O–H groups in total. The summed E-state index contributed by atoms with van der Waals surface area (Å²) in [4.78, 5) is 21.9. The number of para-hydroxylation sites is 1. The molecule has 1 fully saturated rings. The maximum atomic E-state index is 13.4. The lowest BCUT2D eigenvalue weighted by atomic mass is 10.1. The van der Waals surface area contributed by atoms with Gasteiger partial charge in [0.1, 0.15) is 24.0 Å². The molecule has 1 amide bonds. The topological polar surface area (TPSA) is 74.3 Å². The average Bonchev–Trinajstić information content (AvgIpc) is 3.44. The first kappa shape index (κ1) is 22.0. The zero-order valence-corrected chi connectivity index (χ0v) is 18.4. The highest BCUT2D eigenvalue weighted by atomic mass is 19.1. The van der Waals surface area contributed by atoms with Gasteiger partial charge in [0.2, 0.25) is 0 Å². The Morgan fingerprint density at radius 2 is 2.00 bits per heavy atom. The SMILES string of the molecule is CN(C)CCOc1ccccc1C(=O)N1CCC[C@H]1c1n[nH]c(Cc2ccc(F)cc2)n1. The Morgan fingerprint density at radius 3 is 2.78 bits per heavy atom. The Bertz CT molecular complexity index is 1050. The van der Waals surface area contributed by atoms with E-state index in [1.807, 2.05) is 42.1 Å². The lowest BCUT2D eigenvalue weighted by Crippen LogP contribution is -2.31. The fraction of sp³-hybridized carbons (Fsp3) is 0.375. The molecular formula is C24H28FN5O2. The van der Waals surface area contributed by atoms with Crippen LogP contribution in [0.1, 0.15) is 46.5 Å². The number of halogens is 1. The molecule has 0 aliphatic carbocycles. The highest BCUT2D eigenvalue weighted by Gasteiger charge is 2.34. The molecule has 0 bridgehead atoms. The van der Waals surface area contributed by atoms with Crippen molar-refractivity contribution in [2.75, 3.05) is 33.8 Å². The molecule has 7 nitrogen and oxygen atoms in total. The number of benzene rings is 2. The summed E-state index contributed by atoms with van der Waals surface area (Å²) in [6.07, 6.45) is 2.22. The largest absolute Gasteiger partial charge is 0.491 e. The van der Waals surface area contributed by atoms with E-state index in [1.54, 1.807) is 18.2 Å². The van der Waals surface area contributed by atoms with Crippen molar-refractivity contribution in [3.05, 3.63) is 77.1 Å². The number of nitrogens with zero attached hydrogens (tertiary/aromatic N) is 4. The lowest BCUT2D eigenvalue weighted by molar-refractivity contribution is 0.0725. The molecule has 0 radical (unpaired) electrons. The molecule has 168 valence electrons. The van der Waals surface area contributed by atoms with Crippen LogP contribution in [0.5, 0.6) is 5.75 Å². The summed E-state index contributed by atoms with van der Waals surface area (Å²) in [5.74, 6) is 1.56. The predicted molar refractivity (Wildman–Crippen MR) is 119 cm³/mol. The van der Waals surface area contributed by atoms with Gasteiger partial charge in [-0.05, 0) is 56.8 Å². The molecule has 8 heteroatoms. The molecule has 2 aromatic carbocycles. The number of hydrogen-bond acceptors (Lipinski definition) is 5. The van der Waals surface area contributed by atoms with Crippen molar-refractivity contribution in [2.45, 2.75) is 25.3 Å². The summed E-state index contributed by atoms with van der Waals surface area (Å²) in [5, 5.41) is 7.36. The number of rotatable bonds is 8. The smallest absolute Gasteiger partial charge is 0.258 e. The summed E-state index contributed by atoms with van der Waals surface area (Å²) in [6.45, 7) is 1.93. The maximum absolute atomic E-state index is 13.4. The van der Waals surface area contributed by atoms with Gasteiger partial charge in [-0.2, -0.15) is 5.10 Å². The number of likely N-dealkylation sites (tertiary alicyclic amines) is 1. The van der Waals surface area contributed by atoms with E-state index in [0.29, 0.717) is 42.5 Å². The second-order valence-corrected chi connectivity index (χ2v) is 8.25. The van der Waals surface area contributed by atoms with Gasteiger partial charge < -0.3 is 14.5 Å². The van der Waals surface area contributed by atoms with Gasteiger partial charge in [-0.25, -0.2) is 9.37 Å². The first-order valence-electron chi connectivity index (χ1n) is 10.8. The molecule has 32 heavy (non-hydrogen) atoms. The normalized spacial score (nSPS) is 16.0. The van der Waals surface area contributed by atoms with Crippen LogP contribution < -0.4 is 4.74 Å². The van der Waals surface area contributed by atoms with E-state index in [4.69, 9.17) is 4.74 Å². The van der Waals surface area contributed by atoms with E-state index in [0.717, 1.165) is 24.9 Å². The van der Waals surface area contributed by atoms with Gasteiger partial charge in [0.25, 0.3) is 5.91 Å². The number of ether oxygens (including phenoxy) is 1. The van der Waals surface area contributed by atoms with Gasteiger partial charge in [0.05, 0.1) is 11.6 Å². The number of hydrogen-bond donors (Lipinski definition) is 1. The van der Waals surface area contributed by atoms with Gasteiger partial charge in [-0.1, -0.05) is 24.3 Å². The van der Waals surface area contributed by atoms with Crippen LogP contribution in [0, 0.1) is 5.82 Å². The van der Waals surface area contributed by atoms with Gasteiger partial charge >= 0.3 is 0 Å². The summed E-state index contributed by atoms with van der Waals surface area (Å²) < 4.78 is 19.0. The minimum absolute atomic E-state index is 0.0714. The molecule has 1 aliphatic rings. The fourth-order valence-electron chi connectivity index (χ4n) is 3.87. The second-order valence-electron chi connectivity index (χ2n) is 8.25. The number of carbonyl (C=O) groups excluding carboxylic acids is 1. The molecule has 3 aromatic rings. The number of aromatic nitrogens is 3. The van der Waals surface area contributed by atoms with Gasteiger partial charge in [-0.3, -0.25) is 9.89 Å². The quantitative estimate of drug-likeness (QED) is 0.584. The molecule has 0 spiro atoms. The van der Waals surface area contributed by atoms with E-state index >= 15 is 0 Å². The number of nitrogens with one attached hydrogen (secondary N) is 1. The Hall–Kier alpha value is -3.26. The molecule has 2 heterocycles. The van der Waals surface area contributed by atoms with Crippen molar-refractivity contribution >= 4 is 5.91 Å². The molecule has 1 saturated heterocycles. The van der Waals surface area contributed by atoms with Crippen molar-refractivity contribution in [2.24, 2.45) is 0 Å². The molecule has 0 saturated carbocycles. The van der Waals surface area contributed by atoms with E-state index < -0.39 is 0 Å². The molecular weight excluding hydrogens is 409 g/mol. The van der Waals surface area contributed by atoms with Gasteiger partial charge in [0.15, 0.2) is 5.82 Å². The van der Waals surface area contributed by atoms with E-state index in [2.05, 4.69) is 15.2 Å². The first-order chi connectivity index (χ1) is 15.5. The third-order valence-electron chi connectivity index (χ3n) is 5.56. The monoisotopic (exact) mass is 437 g/mol. The second kappa shape index (κ2) is 9.91. The molecule has 1 aromatic heterocycles. The number of aromatic amines is 1. The molecule has 0 unspecified atom stereocenters. The Labute approximate surface area is 187 Å². The van der Waals surface area contributed by atoms with E-state index in [-0.39, 0.29) is 17.8 Å². The Balaban J connectivity index is 1.48. The third kappa shape index (κ3) is 5.13. The highest BCUT2D eigenvalue weighted by molar-refractivity contribution is 5.97. The third-order valence-corrected chi connectivity index (χ3v) is 5.56. The van der Waals surface area contributed by atoms with Crippen LogP contribution in [0.3, 0.4) is 0 Å². The highest BCUT2D eigenvalue weighted by Crippen LogP contribution is 2.33. The summed E-state index contributed by atoms with van der Waals surface area (Å²) in [5.41, 5.74) is 1.50. The number of carbonyl (C=O) groups is 1. The first-order valence-corrected chi connectivity index (χ1v) is 10.8. The molecule has 1 aliphatic heterocycles. The van der Waals surface area contributed by atoms with Crippen LogP contribution in [0.4, 0.5) is 4.39 Å². The standard InChI is InChI=1S/C24H28FN5O2/c1-29(2)14-15-32-21-8-4-3-6-19(21)24(31)30-13-5-7-20(30)23-26-22(27-28-23)16-17-9-11-18(25)12-10-17/h3-4,6,8-12,20H,5,7,13-16H2,1-2H3,(H,26,27,28)/t20-/m0/s1. The number of amides is 1. The zero-order chi connectivity index (χ0) is 22.5. The van der Waals surface area contributed by atoms with Crippen molar-refractivity contribution in [3.8, 4) is 5.75 Å². The van der Waals surface area contributed by atoms with E-state index in [9.17, 15) is 9.18 Å². The Kier molecular flexibility index (Phi) is 6.80. The minimum atomic E-state index is -0.266. The molecule has 1 atom stereocenters. The molecule has 4 rings (SSSR count). The van der Waals surface area contributed by atoms with Crippen molar-refractivity contribution in [1.82, 2.24) is 25.0 Å². The number of likely N-dealkylation sites (N-methyl/N-ethyl adjacent to an activating group) is 1. The summed E-state index contributed by atoms with van der Waals surface area (Å²) in [6, 6.07) is 13.5. The summed E-state index contributed by atoms with van der Waals surface area (Å²) >= 11 is 0. The average molecular weight is 438 g/mol. The fourth-order valence-corrected chi connectivity index (χ4v) is 3.87.